The minimum absolute atomic E-state index is 0.768. The maximum Gasteiger partial charge on any atom is 0.0132 e. The van der Waals surface area contributed by atoms with Gasteiger partial charge < -0.3 is 11.1 Å². The SMILES string of the molecule is C=CCNCCCN. The Labute approximate surface area is 50.8 Å². The van der Waals surface area contributed by atoms with Gasteiger partial charge in [0.15, 0.2) is 0 Å². The molecule has 0 saturated heterocycles. The summed E-state index contributed by atoms with van der Waals surface area (Å²) in [5.74, 6) is 0. The molecule has 0 heterocycles. The van der Waals surface area contributed by atoms with Gasteiger partial charge in [-0.15, -0.1) is 6.58 Å². The van der Waals surface area contributed by atoms with Crippen LogP contribution in [0.1, 0.15) is 6.42 Å². The molecule has 0 spiro atoms. The first kappa shape index (κ1) is 7.66. The average Bonchev–Trinajstić information content (AvgIpc) is 1.81. The van der Waals surface area contributed by atoms with Crippen molar-refractivity contribution in [2.24, 2.45) is 5.73 Å². The molecule has 0 aliphatic heterocycles. The quantitative estimate of drug-likeness (QED) is 0.393. The molecule has 0 radical (unpaired) electrons. The Morgan fingerprint density at radius 2 is 2.38 bits per heavy atom. The van der Waals surface area contributed by atoms with Crippen LogP contribution in [0.2, 0.25) is 0 Å². The van der Waals surface area contributed by atoms with Crippen LogP contribution in [0.5, 0.6) is 0 Å². The fourth-order valence-electron chi connectivity index (χ4n) is 0.431. The number of hydrogen-bond donors (Lipinski definition) is 2. The van der Waals surface area contributed by atoms with Crippen LogP contribution in [-0.2, 0) is 0 Å². The van der Waals surface area contributed by atoms with Gasteiger partial charge in [-0.1, -0.05) is 6.08 Å². The molecule has 0 aliphatic carbocycles. The number of nitrogens with one attached hydrogen (secondary N) is 1. The van der Waals surface area contributed by atoms with Gasteiger partial charge in [-0.25, -0.2) is 0 Å². The van der Waals surface area contributed by atoms with Gasteiger partial charge in [0.25, 0.3) is 0 Å². The maximum absolute atomic E-state index is 5.24. The molecule has 0 amide bonds. The third kappa shape index (κ3) is 5.66. The summed E-state index contributed by atoms with van der Waals surface area (Å²) in [6.45, 7) is 6.22. The summed E-state index contributed by atoms with van der Waals surface area (Å²) in [5, 5.41) is 3.14. The van der Waals surface area contributed by atoms with E-state index in [1.54, 1.807) is 0 Å². The van der Waals surface area contributed by atoms with Gasteiger partial charge in [-0.2, -0.15) is 0 Å². The summed E-state index contributed by atoms with van der Waals surface area (Å²) < 4.78 is 0. The van der Waals surface area contributed by atoms with Crippen LogP contribution < -0.4 is 11.1 Å². The van der Waals surface area contributed by atoms with E-state index in [1.807, 2.05) is 6.08 Å². The van der Waals surface area contributed by atoms with E-state index in [-0.39, 0.29) is 0 Å². The van der Waals surface area contributed by atoms with Crippen molar-refractivity contribution in [3.05, 3.63) is 12.7 Å². The molecule has 0 atom stereocenters. The van der Waals surface area contributed by atoms with Crippen molar-refractivity contribution in [3.63, 3.8) is 0 Å². The van der Waals surface area contributed by atoms with Crippen molar-refractivity contribution in [1.29, 1.82) is 0 Å². The molecule has 0 unspecified atom stereocenters. The van der Waals surface area contributed by atoms with Crippen LogP contribution in [-0.4, -0.2) is 19.6 Å². The van der Waals surface area contributed by atoms with Gasteiger partial charge in [0, 0.05) is 6.54 Å². The van der Waals surface area contributed by atoms with E-state index in [0.717, 1.165) is 26.1 Å². The molecule has 0 aromatic heterocycles. The minimum Gasteiger partial charge on any atom is -0.330 e. The fourth-order valence-corrected chi connectivity index (χ4v) is 0.431. The minimum atomic E-state index is 0.768. The number of hydrogen-bond acceptors (Lipinski definition) is 2. The van der Waals surface area contributed by atoms with Crippen LogP contribution >= 0.6 is 0 Å². The monoisotopic (exact) mass is 114 g/mol. The summed E-state index contributed by atoms with van der Waals surface area (Å²) in [6, 6.07) is 0. The van der Waals surface area contributed by atoms with E-state index in [2.05, 4.69) is 11.9 Å². The molecule has 0 aliphatic rings. The largest absolute Gasteiger partial charge is 0.330 e. The average molecular weight is 114 g/mol. The fraction of sp³-hybridized carbons (Fsp3) is 0.667. The zero-order valence-corrected chi connectivity index (χ0v) is 5.19. The van der Waals surface area contributed by atoms with Crippen LogP contribution in [0.25, 0.3) is 0 Å². The van der Waals surface area contributed by atoms with Gasteiger partial charge in [0.1, 0.15) is 0 Å². The third-order valence-electron chi connectivity index (χ3n) is 0.846. The van der Waals surface area contributed by atoms with Crippen molar-refractivity contribution in [3.8, 4) is 0 Å². The van der Waals surface area contributed by atoms with Crippen molar-refractivity contribution >= 4 is 0 Å². The zero-order chi connectivity index (χ0) is 6.24. The van der Waals surface area contributed by atoms with Crippen molar-refractivity contribution in [2.45, 2.75) is 6.42 Å². The van der Waals surface area contributed by atoms with Crippen LogP contribution in [0.15, 0.2) is 12.7 Å². The summed E-state index contributed by atoms with van der Waals surface area (Å²) in [5.41, 5.74) is 5.24. The summed E-state index contributed by atoms with van der Waals surface area (Å²) in [7, 11) is 0. The topological polar surface area (TPSA) is 38.0 Å². The standard InChI is InChI=1S/C6H14N2/c1-2-5-8-6-3-4-7/h2,8H,1,3-7H2. The Bertz CT molecular complexity index is 52.5. The predicted octanol–water partition coefficient (Wildman–Crippen LogP) is 0.111. The Morgan fingerprint density at radius 3 is 2.88 bits per heavy atom. The van der Waals surface area contributed by atoms with Crippen molar-refractivity contribution < 1.29 is 0 Å². The van der Waals surface area contributed by atoms with Gasteiger partial charge in [0.05, 0.1) is 0 Å². The Kier molecular flexibility index (Phi) is 6.38. The smallest absolute Gasteiger partial charge is 0.0132 e. The molecule has 0 bridgehead atoms. The lowest BCUT2D eigenvalue weighted by Gasteiger charge is -1.96. The molecule has 0 aromatic carbocycles. The van der Waals surface area contributed by atoms with E-state index >= 15 is 0 Å². The normalized spacial score (nSPS) is 9.12. The highest BCUT2D eigenvalue weighted by atomic mass is 14.8. The maximum atomic E-state index is 5.24. The second kappa shape index (κ2) is 6.66. The summed E-state index contributed by atoms with van der Waals surface area (Å²) in [6.07, 6.45) is 2.89. The first-order valence-electron chi connectivity index (χ1n) is 2.93. The molecule has 2 nitrogen and oxygen atoms in total. The van der Waals surface area contributed by atoms with Gasteiger partial charge in [-0.05, 0) is 19.5 Å². The highest BCUT2D eigenvalue weighted by molar-refractivity contribution is 4.69. The predicted molar refractivity (Wildman–Crippen MR) is 36.7 cm³/mol. The summed E-state index contributed by atoms with van der Waals surface area (Å²) in [4.78, 5) is 0. The van der Waals surface area contributed by atoms with Crippen molar-refractivity contribution in [2.75, 3.05) is 19.6 Å². The van der Waals surface area contributed by atoms with E-state index in [9.17, 15) is 0 Å². The Balaban J connectivity index is 2.62. The highest BCUT2D eigenvalue weighted by Crippen LogP contribution is 1.67. The molecule has 0 rings (SSSR count). The molecule has 3 N–H and O–H groups in total. The first-order valence-corrected chi connectivity index (χ1v) is 2.93. The molecule has 0 fully saturated rings. The molecule has 0 saturated carbocycles. The van der Waals surface area contributed by atoms with Crippen molar-refractivity contribution in [1.82, 2.24) is 5.32 Å². The molecular formula is C6H14N2. The Morgan fingerprint density at radius 1 is 1.62 bits per heavy atom. The van der Waals surface area contributed by atoms with Crippen LogP contribution in [0.4, 0.5) is 0 Å². The van der Waals surface area contributed by atoms with E-state index < -0.39 is 0 Å². The Hall–Kier alpha value is -0.340. The molecule has 48 valence electrons. The lowest BCUT2D eigenvalue weighted by molar-refractivity contribution is 0.700. The second-order valence-electron chi connectivity index (χ2n) is 1.64. The highest BCUT2D eigenvalue weighted by Gasteiger charge is 1.78. The lowest BCUT2D eigenvalue weighted by atomic mass is 10.4. The van der Waals surface area contributed by atoms with Crippen LogP contribution in [0.3, 0.4) is 0 Å². The van der Waals surface area contributed by atoms with Gasteiger partial charge >= 0.3 is 0 Å². The van der Waals surface area contributed by atoms with E-state index in [1.165, 1.54) is 0 Å². The number of nitrogens with two attached hydrogens (primary N) is 1. The molecule has 2 heteroatoms. The van der Waals surface area contributed by atoms with E-state index in [4.69, 9.17) is 5.73 Å². The van der Waals surface area contributed by atoms with Crippen LogP contribution in [0, 0.1) is 0 Å². The van der Waals surface area contributed by atoms with E-state index in [0.29, 0.717) is 0 Å². The molecule has 8 heavy (non-hydrogen) atoms. The van der Waals surface area contributed by atoms with Gasteiger partial charge in [0.2, 0.25) is 0 Å². The lowest BCUT2D eigenvalue weighted by Crippen LogP contribution is -2.17. The second-order valence-corrected chi connectivity index (χ2v) is 1.64. The summed E-state index contributed by atoms with van der Waals surface area (Å²) >= 11 is 0. The first-order chi connectivity index (χ1) is 3.91. The van der Waals surface area contributed by atoms with Gasteiger partial charge in [-0.3, -0.25) is 0 Å². The molecule has 0 aromatic rings. The third-order valence-corrected chi connectivity index (χ3v) is 0.846. The zero-order valence-electron chi connectivity index (χ0n) is 5.19. The molecular weight excluding hydrogens is 100 g/mol. The number of rotatable bonds is 5.